The molecular formula is C13H9FO2. The Balaban J connectivity index is 2.58. The van der Waals surface area contributed by atoms with Gasteiger partial charge >= 0.3 is 0 Å². The SMILES string of the molecule is O=Cc1ccc(F)c(-c2cccc(O)c2)c1. The van der Waals surface area contributed by atoms with E-state index >= 15 is 0 Å². The lowest BCUT2D eigenvalue weighted by Gasteiger charge is -2.04. The number of aromatic hydroxyl groups is 1. The molecular weight excluding hydrogens is 207 g/mol. The summed E-state index contributed by atoms with van der Waals surface area (Å²) < 4.78 is 13.5. The minimum atomic E-state index is -0.420. The van der Waals surface area contributed by atoms with Crippen molar-refractivity contribution in [3.63, 3.8) is 0 Å². The van der Waals surface area contributed by atoms with Crippen LogP contribution < -0.4 is 0 Å². The number of rotatable bonds is 2. The molecule has 0 heterocycles. The van der Waals surface area contributed by atoms with Crippen LogP contribution in [0.1, 0.15) is 10.4 Å². The molecule has 0 aliphatic rings. The van der Waals surface area contributed by atoms with Crippen molar-refractivity contribution in [2.24, 2.45) is 0 Å². The van der Waals surface area contributed by atoms with Gasteiger partial charge in [0.1, 0.15) is 17.9 Å². The molecule has 0 saturated heterocycles. The Morgan fingerprint density at radius 1 is 1.12 bits per heavy atom. The molecule has 2 aromatic rings. The quantitative estimate of drug-likeness (QED) is 0.783. The van der Waals surface area contributed by atoms with Gasteiger partial charge in [-0.1, -0.05) is 12.1 Å². The van der Waals surface area contributed by atoms with E-state index in [2.05, 4.69) is 0 Å². The van der Waals surface area contributed by atoms with Crippen LogP contribution in [0, 0.1) is 5.82 Å². The first-order chi connectivity index (χ1) is 7.70. The minimum Gasteiger partial charge on any atom is -0.508 e. The first kappa shape index (κ1) is 10.4. The molecule has 0 saturated carbocycles. The van der Waals surface area contributed by atoms with E-state index < -0.39 is 5.82 Å². The predicted molar refractivity (Wildman–Crippen MR) is 58.9 cm³/mol. The number of hydrogen-bond donors (Lipinski definition) is 1. The van der Waals surface area contributed by atoms with Crippen molar-refractivity contribution in [1.82, 2.24) is 0 Å². The standard InChI is InChI=1S/C13H9FO2/c14-13-5-4-9(8-15)6-12(13)10-2-1-3-11(16)7-10/h1-8,16H. The zero-order valence-electron chi connectivity index (χ0n) is 8.35. The van der Waals surface area contributed by atoms with Gasteiger partial charge in [-0.05, 0) is 35.9 Å². The molecule has 2 aromatic carbocycles. The van der Waals surface area contributed by atoms with Crippen LogP contribution in [-0.4, -0.2) is 11.4 Å². The Labute approximate surface area is 92.0 Å². The number of halogens is 1. The Morgan fingerprint density at radius 3 is 2.62 bits per heavy atom. The molecule has 2 nitrogen and oxygen atoms in total. The smallest absolute Gasteiger partial charge is 0.150 e. The number of aldehydes is 1. The maximum atomic E-state index is 13.5. The summed E-state index contributed by atoms with van der Waals surface area (Å²) in [5.41, 5.74) is 1.25. The predicted octanol–water partition coefficient (Wildman–Crippen LogP) is 3.01. The highest BCUT2D eigenvalue weighted by Gasteiger charge is 2.06. The lowest BCUT2D eigenvalue weighted by atomic mass is 10.0. The van der Waals surface area contributed by atoms with Crippen molar-refractivity contribution in [1.29, 1.82) is 0 Å². The second-order valence-corrected chi connectivity index (χ2v) is 3.41. The van der Waals surface area contributed by atoms with Crippen LogP contribution in [0.4, 0.5) is 4.39 Å². The second kappa shape index (κ2) is 4.14. The van der Waals surface area contributed by atoms with E-state index in [4.69, 9.17) is 0 Å². The van der Waals surface area contributed by atoms with E-state index in [0.29, 0.717) is 23.0 Å². The zero-order chi connectivity index (χ0) is 11.5. The van der Waals surface area contributed by atoms with E-state index in [-0.39, 0.29) is 5.75 Å². The third-order valence-electron chi connectivity index (χ3n) is 2.28. The van der Waals surface area contributed by atoms with Gasteiger partial charge in [-0.3, -0.25) is 4.79 Å². The van der Waals surface area contributed by atoms with Crippen LogP contribution in [0.5, 0.6) is 5.75 Å². The molecule has 0 radical (unpaired) electrons. The van der Waals surface area contributed by atoms with Crippen LogP contribution in [0.25, 0.3) is 11.1 Å². The number of benzene rings is 2. The molecule has 0 bridgehead atoms. The van der Waals surface area contributed by atoms with Gasteiger partial charge in [0.2, 0.25) is 0 Å². The maximum Gasteiger partial charge on any atom is 0.150 e. The highest BCUT2D eigenvalue weighted by molar-refractivity contribution is 5.79. The van der Waals surface area contributed by atoms with E-state index in [1.165, 1.54) is 30.3 Å². The molecule has 2 rings (SSSR count). The molecule has 3 heteroatoms. The summed E-state index contributed by atoms with van der Waals surface area (Å²) >= 11 is 0. The molecule has 0 amide bonds. The summed E-state index contributed by atoms with van der Waals surface area (Å²) in [7, 11) is 0. The van der Waals surface area contributed by atoms with E-state index in [9.17, 15) is 14.3 Å². The topological polar surface area (TPSA) is 37.3 Å². The third kappa shape index (κ3) is 1.93. The van der Waals surface area contributed by atoms with Gasteiger partial charge in [0.15, 0.2) is 0 Å². The van der Waals surface area contributed by atoms with E-state index in [1.807, 2.05) is 0 Å². The summed E-state index contributed by atoms with van der Waals surface area (Å²) in [5, 5.41) is 9.30. The monoisotopic (exact) mass is 216 g/mol. The molecule has 0 aliphatic carbocycles. The van der Waals surface area contributed by atoms with Crippen molar-refractivity contribution in [3.05, 3.63) is 53.8 Å². The Hall–Kier alpha value is -2.16. The van der Waals surface area contributed by atoms with Crippen molar-refractivity contribution >= 4 is 6.29 Å². The normalized spacial score (nSPS) is 10.1. The second-order valence-electron chi connectivity index (χ2n) is 3.41. The van der Waals surface area contributed by atoms with Gasteiger partial charge in [0.05, 0.1) is 0 Å². The number of hydrogen-bond acceptors (Lipinski definition) is 2. The number of carbonyl (C=O) groups excluding carboxylic acids is 1. The Kier molecular flexibility index (Phi) is 2.68. The van der Waals surface area contributed by atoms with Gasteiger partial charge in [0.25, 0.3) is 0 Å². The fraction of sp³-hybridized carbons (Fsp3) is 0. The van der Waals surface area contributed by atoms with Crippen molar-refractivity contribution in [2.75, 3.05) is 0 Å². The highest BCUT2D eigenvalue weighted by atomic mass is 19.1. The highest BCUT2D eigenvalue weighted by Crippen LogP contribution is 2.26. The van der Waals surface area contributed by atoms with Crippen LogP contribution in [0.3, 0.4) is 0 Å². The fourth-order valence-electron chi connectivity index (χ4n) is 1.51. The van der Waals surface area contributed by atoms with E-state index in [0.717, 1.165) is 0 Å². The fourth-order valence-corrected chi connectivity index (χ4v) is 1.51. The van der Waals surface area contributed by atoms with Gasteiger partial charge < -0.3 is 5.11 Å². The van der Waals surface area contributed by atoms with Crippen LogP contribution >= 0.6 is 0 Å². The summed E-state index contributed by atoms with van der Waals surface area (Å²) in [6.45, 7) is 0. The first-order valence-corrected chi connectivity index (χ1v) is 4.75. The third-order valence-corrected chi connectivity index (χ3v) is 2.28. The average Bonchev–Trinajstić information content (AvgIpc) is 2.30. The van der Waals surface area contributed by atoms with Crippen LogP contribution in [-0.2, 0) is 0 Å². The van der Waals surface area contributed by atoms with Gasteiger partial charge in [-0.15, -0.1) is 0 Å². The molecule has 80 valence electrons. The molecule has 0 aliphatic heterocycles. The minimum absolute atomic E-state index is 0.0633. The van der Waals surface area contributed by atoms with Crippen molar-refractivity contribution in [3.8, 4) is 16.9 Å². The summed E-state index contributed by atoms with van der Waals surface area (Å²) in [5.74, 6) is -0.357. The van der Waals surface area contributed by atoms with Crippen molar-refractivity contribution in [2.45, 2.75) is 0 Å². The maximum absolute atomic E-state index is 13.5. The van der Waals surface area contributed by atoms with Crippen LogP contribution in [0.2, 0.25) is 0 Å². The molecule has 1 N–H and O–H groups in total. The molecule has 0 unspecified atom stereocenters. The summed E-state index contributed by atoms with van der Waals surface area (Å²) in [6.07, 6.45) is 0.658. The van der Waals surface area contributed by atoms with E-state index in [1.54, 1.807) is 12.1 Å². The van der Waals surface area contributed by atoms with Gasteiger partial charge in [0, 0.05) is 11.1 Å². The zero-order valence-corrected chi connectivity index (χ0v) is 8.35. The molecule has 16 heavy (non-hydrogen) atoms. The number of carbonyl (C=O) groups is 1. The van der Waals surface area contributed by atoms with Crippen LogP contribution in [0.15, 0.2) is 42.5 Å². The summed E-state index contributed by atoms with van der Waals surface area (Å²) in [6, 6.07) is 10.4. The Morgan fingerprint density at radius 2 is 1.94 bits per heavy atom. The molecule has 0 atom stereocenters. The lowest BCUT2D eigenvalue weighted by molar-refractivity contribution is 0.112. The summed E-state index contributed by atoms with van der Waals surface area (Å²) in [4.78, 5) is 10.6. The number of phenols is 1. The van der Waals surface area contributed by atoms with Gasteiger partial charge in [-0.25, -0.2) is 4.39 Å². The lowest BCUT2D eigenvalue weighted by Crippen LogP contribution is -1.87. The molecule has 0 fully saturated rings. The Bertz CT molecular complexity index is 535. The molecule has 0 spiro atoms. The molecule has 0 aromatic heterocycles. The number of phenolic OH excluding ortho intramolecular Hbond substituents is 1. The van der Waals surface area contributed by atoms with Gasteiger partial charge in [-0.2, -0.15) is 0 Å². The van der Waals surface area contributed by atoms with Crippen molar-refractivity contribution < 1.29 is 14.3 Å². The largest absolute Gasteiger partial charge is 0.508 e. The first-order valence-electron chi connectivity index (χ1n) is 4.75. The average molecular weight is 216 g/mol.